The number of thiol groups is 1. The van der Waals surface area contributed by atoms with Crippen molar-refractivity contribution in [2.24, 2.45) is 0 Å². The predicted octanol–water partition coefficient (Wildman–Crippen LogP) is 7.25. The van der Waals surface area contributed by atoms with Crippen molar-refractivity contribution in [1.82, 2.24) is 10.3 Å². The van der Waals surface area contributed by atoms with Crippen LogP contribution in [0.15, 0.2) is 54.7 Å². The lowest BCUT2D eigenvalue weighted by atomic mass is 10.2. The van der Waals surface area contributed by atoms with E-state index in [9.17, 15) is 0 Å². The Morgan fingerprint density at radius 3 is 1.93 bits per heavy atom. The van der Waals surface area contributed by atoms with Crippen LogP contribution in [0.3, 0.4) is 0 Å². The highest BCUT2D eigenvalue weighted by atomic mass is 32.1. The van der Waals surface area contributed by atoms with E-state index in [1.54, 1.807) is 12.5 Å². The van der Waals surface area contributed by atoms with Crippen LogP contribution in [0.25, 0.3) is 0 Å². The molecule has 0 saturated heterocycles. The zero-order chi connectivity index (χ0) is 22.8. The molecule has 0 unspecified atom stereocenters. The molecule has 0 spiro atoms. The van der Waals surface area contributed by atoms with Crippen LogP contribution in [0.5, 0.6) is 0 Å². The molecule has 0 bridgehead atoms. The number of hydrogen-bond acceptors (Lipinski definition) is 3. The smallest absolute Gasteiger partial charge is 0.113 e. The van der Waals surface area contributed by atoms with E-state index in [2.05, 4.69) is 55.5 Å². The molecular formula is C26H44N2S. The number of rotatable bonds is 5. The summed E-state index contributed by atoms with van der Waals surface area (Å²) < 4.78 is 0. The van der Waals surface area contributed by atoms with Crippen molar-refractivity contribution in [2.45, 2.75) is 73.8 Å². The monoisotopic (exact) mass is 416 g/mol. The van der Waals surface area contributed by atoms with Gasteiger partial charge in [-0.3, -0.25) is 0 Å². The second-order valence-corrected chi connectivity index (χ2v) is 5.47. The van der Waals surface area contributed by atoms with Crippen LogP contribution in [-0.4, -0.2) is 23.8 Å². The average molecular weight is 417 g/mol. The lowest BCUT2D eigenvalue weighted by Gasteiger charge is -2.10. The molecule has 0 saturated carbocycles. The fourth-order valence-electron chi connectivity index (χ4n) is 2.02. The van der Waals surface area contributed by atoms with Crippen LogP contribution < -0.4 is 5.32 Å². The fourth-order valence-corrected chi connectivity index (χ4v) is 2.02. The molecule has 3 heteroatoms. The van der Waals surface area contributed by atoms with Gasteiger partial charge in [-0.2, -0.15) is 12.6 Å². The number of nitrogens with one attached hydrogen (secondary N) is 1. The van der Waals surface area contributed by atoms with Crippen molar-refractivity contribution in [1.29, 1.82) is 0 Å². The second-order valence-electron chi connectivity index (χ2n) is 5.47. The molecule has 1 aromatic carbocycles. The minimum absolute atomic E-state index is 0.718. The number of aromatic nitrogens is 1. The van der Waals surface area contributed by atoms with Gasteiger partial charge >= 0.3 is 0 Å². The molecule has 2 nitrogen and oxygen atoms in total. The number of pyridine rings is 1. The second kappa shape index (κ2) is 28.4. The summed E-state index contributed by atoms with van der Waals surface area (Å²) in [4.78, 5) is 4.12. The van der Waals surface area contributed by atoms with E-state index in [-0.39, 0.29) is 0 Å². The summed E-state index contributed by atoms with van der Waals surface area (Å²) in [5, 5.41) is 3.43. The molecule has 2 rings (SSSR count). The molecule has 0 aliphatic rings. The molecular weight excluding hydrogens is 372 g/mol. The van der Waals surface area contributed by atoms with Gasteiger partial charge in [0, 0.05) is 17.8 Å². The number of benzene rings is 1. The van der Waals surface area contributed by atoms with Crippen LogP contribution in [0, 0.1) is 11.8 Å². The normalized spacial score (nSPS) is 9.14. The van der Waals surface area contributed by atoms with Gasteiger partial charge in [-0.25, -0.2) is 4.98 Å². The average Bonchev–Trinajstić information content (AvgIpc) is 2.82. The summed E-state index contributed by atoms with van der Waals surface area (Å²) in [6, 6.07) is 16.3. The highest BCUT2D eigenvalue weighted by Crippen LogP contribution is 1.96. The van der Waals surface area contributed by atoms with Crippen molar-refractivity contribution in [3.05, 3.63) is 66.0 Å². The van der Waals surface area contributed by atoms with E-state index in [4.69, 9.17) is 0 Å². The van der Waals surface area contributed by atoms with Gasteiger partial charge in [0.1, 0.15) is 5.69 Å². The fraction of sp³-hybridized carbons (Fsp3) is 0.500. The highest BCUT2D eigenvalue weighted by Gasteiger charge is 1.95. The van der Waals surface area contributed by atoms with Gasteiger partial charge in [0.05, 0.1) is 0 Å². The van der Waals surface area contributed by atoms with Crippen molar-refractivity contribution in [3.63, 3.8) is 0 Å². The lowest BCUT2D eigenvalue weighted by molar-refractivity contribution is 0.508. The molecule has 0 fully saturated rings. The van der Waals surface area contributed by atoms with E-state index in [0.29, 0.717) is 0 Å². The van der Waals surface area contributed by atoms with Gasteiger partial charge in [0.2, 0.25) is 0 Å². The first kappa shape index (κ1) is 31.9. The Kier molecular flexibility index (Phi) is 31.3. The molecule has 1 atom stereocenters. The number of hydrogen-bond donors (Lipinski definition) is 2. The Morgan fingerprint density at radius 1 is 0.862 bits per heavy atom. The quantitative estimate of drug-likeness (QED) is 0.396. The number of nitrogens with zero attached hydrogens (tertiary/aromatic N) is 1. The van der Waals surface area contributed by atoms with E-state index in [0.717, 1.165) is 17.3 Å². The highest BCUT2D eigenvalue weighted by molar-refractivity contribution is 7.79. The first-order valence-corrected chi connectivity index (χ1v) is 11.8. The summed E-state index contributed by atoms with van der Waals surface area (Å²) in [6.07, 6.45) is 7.28. The van der Waals surface area contributed by atoms with E-state index in [1.807, 2.05) is 76.2 Å². The largest absolute Gasteiger partial charge is 0.314 e. The van der Waals surface area contributed by atoms with Gasteiger partial charge in [0.15, 0.2) is 0 Å². The minimum Gasteiger partial charge on any atom is -0.314 e. The van der Waals surface area contributed by atoms with E-state index >= 15 is 0 Å². The first-order chi connectivity index (χ1) is 14.3. The van der Waals surface area contributed by atoms with Crippen molar-refractivity contribution < 1.29 is 0 Å². The zero-order valence-electron chi connectivity index (χ0n) is 20.0. The topological polar surface area (TPSA) is 24.9 Å². The standard InChI is InChI=1S/C13H9N.C8H19N.2C2H6.CH4S/c1-2-6-12(7-3-1)9-10-13-8-4-5-11-14-13;1-4-6-8(3)9-7-5-2;3*1-2/h1-8,11H;8-9H,4-7H2,1-3H3;2*1-2H3;2H,1H3/t;8-;;;/m.1.../s1. The summed E-state index contributed by atoms with van der Waals surface area (Å²) in [6.45, 7) is 15.8. The summed E-state index contributed by atoms with van der Waals surface area (Å²) in [5.74, 6) is 6.05. The van der Waals surface area contributed by atoms with Crippen LogP contribution >= 0.6 is 12.6 Å². The van der Waals surface area contributed by atoms with Crippen LogP contribution in [0.2, 0.25) is 0 Å². The van der Waals surface area contributed by atoms with Crippen molar-refractivity contribution >= 4 is 12.6 Å². The van der Waals surface area contributed by atoms with E-state index in [1.165, 1.54) is 25.8 Å². The van der Waals surface area contributed by atoms with Crippen molar-refractivity contribution in [2.75, 3.05) is 12.8 Å². The summed E-state index contributed by atoms with van der Waals surface area (Å²) in [7, 11) is 0. The van der Waals surface area contributed by atoms with Gasteiger partial charge in [-0.1, -0.05) is 78.1 Å². The SMILES string of the molecule is C(#Cc1ccccn1)c1ccccc1.CC.CC.CCCN[C@H](C)CCC.CS. The van der Waals surface area contributed by atoms with Gasteiger partial charge in [0.25, 0.3) is 0 Å². The zero-order valence-corrected chi connectivity index (χ0v) is 20.9. The maximum atomic E-state index is 4.12. The van der Waals surface area contributed by atoms with Gasteiger partial charge in [-0.15, -0.1) is 0 Å². The summed E-state index contributed by atoms with van der Waals surface area (Å²) >= 11 is 3.53. The maximum absolute atomic E-state index is 4.12. The Bertz CT molecular complexity index is 530. The molecule has 0 amide bonds. The molecule has 1 aromatic heterocycles. The predicted molar refractivity (Wildman–Crippen MR) is 137 cm³/mol. The Hall–Kier alpha value is -1.76. The van der Waals surface area contributed by atoms with Crippen molar-refractivity contribution in [3.8, 4) is 11.8 Å². The van der Waals surface area contributed by atoms with Crippen LogP contribution in [-0.2, 0) is 0 Å². The first-order valence-electron chi connectivity index (χ1n) is 10.9. The molecule has 29 heavy (non-hydrogen) atoms. The Labute approximate surface area is 187 Å². The molecule has 2 aromatic rings. The third-order valence-electron chi connectivity index (χ3n) is 3.24. The lowest BCUT2D eigenvalue weighted by Crippen LogP contribution is -2.26. The van der Waals surface area contributed by atoms with E-state index < -0.39 is 0 Å². The Balaban J connectivity index is -0.000000393. The van der Waals surface area contributed by atoms with Gasteiger partial charge < -0.3 is 5.32 Å². The van der Waals surface area contributed by atoms with Crippen LogP contribution in [0.4, 0.5) is 0 Å². The minimum atomic E-state index is 0.718. The Morgan fingerprint density at radius 2 is 1.45 bits per heavy atom. The molecule has 0 aliphatic heterocycles. The van der Waals surface area contributed by atoms with Crippen LogP contribution in [0.1, 0.15) is 79.0 Å². The third-order valence-corrected chi connectivity index (χ3v) is 3.24. The molecule has 0 aliphatic carbocycles. The molecule has 1 heterocycles. The maximum Gasteiger partial charge on any atom is 0.113 e. The third kappa shape index (κ3) is 22.4. The molecule has 164 valence electrons. The molecule has 0 radical (unpaired) electrons. The van der Waals surface area contributed by atoms with Gasteiger partial charge in [-0.05, 0) is 62.8 Å². The molecule has 1 N–H and O–H groups in total. The summed E-state index contributed by atoms with van der Waals surface area (Å²) in [5.41, 5.74) is 1.81.